The van der Waals surface area contributed by atoms with Gasteiger partial charge in [0, 0.05) is 34.9 Å². The first-order valence-electron chi connectivity index (χ1n) is 10.9. The van der Waals surface area contributed by atoms with Crippen LogP contribution in [0.4, 0.5) is 5.69 Å². The fourth-order valence-corrected chi connectivity index (χ4v) is 3.98. The lowest BCUT2D eigenvalue weighted by atomic mass is 10.1. The number of para-hydroxylation sites is 1. The molecule has 0 radical (unpaired) electrons. The van der Waals surface area contributed by atoms with Crippen LogP contribution < -0.4 is 10.7 Å². The van der Waals surface area contributed by atoms with Crippen LogP contribution >= 0.6 is 0 Å². The molecule has 1 amide bonds. The van der Waals surface area contributed by atoms with Crippen LogP contribution in [-0.4, -0.2) is 23.2 Å². The first-order chi connectivity index (χ1) is 16.3. The summed E-state index contributed by atoms with van der Waals surface area (Å²) >= 11 is 0. The van der Waals surface area contributed by atoms with E-state index in [0.717, 1.165) is 34.1 Å². The van der Waals surface area contributed by atoms with Crippen LogP contribution in [0.5, 0.6) is 0 Å². The van der Waals surface area contributed by atoms with E-state index in [4.69, 9.17) is 0 Å². The third kappa shape index (κ3) is 4.77. The molecule has 0 atom stereocenters. The molecule has 4 aromatic carbocycles. The van der Waals surface area contributed by atoms with Gasteiger partial charge in [-0.2, -0.15) is 5.10 Å². The molecule has 0 unspecified atom stereocenters. The number of amides is 1. The van der Waals surface area contributed by atoms with E-state index in [9.17, 15) is 4.79 Å². The van der Waals surface area contributed by atoms with Crippen molar-refractivity contribution in [3.63, 3.8) is 0 Å². The highest BCUT2D eigenvalue weighted by atomic mass is 16.2. The maximum absolute atomic E-state index is 12.3. The summed E-state index contributed by atoms with van der Waals surface area (Å²) in [4.78, 5) is 12.3. The molecule has 1 heterocycles. The Bertz CT molecular complexity index is 1440. The van der Waals surface area contributed by atoms with Gasteiger partial charge in [-0.15, -0.1) is 0 Å². The molecule has 5 aromatic rings. The number of nitrogens with zero attached hydrogens (tertiary/aromatic N) is 2. The fourth-order valence-electron chi connectivity index (χ4n) is 3.98. The first kappa shape index (κ1) is 20.5. The minimum Gasteiger partial charge on any atom is -0.376 e. The molecule has 1 aromatic heterocycles. The number of carbonyl (C=O) groups excluding carboxylic acids is 1. The molecule has 33 heavy (non-hydrogen) atoms. The van der Waals surface area contributed by atoms with Crippen molar-refractivity contribution in [1.29, 1.82) is 0 Å². The van der Waals surface area contributed by atoms with Gasteiger partial charge in [-0.05, 0) is 34.5 Å². The second kappa shape index (κ2) is 9.40. The monoisotopic (exact) mass is 432 g/mol. The molecule has 0 fully saturated rings. The third-order valence-corrected chi connectivity index (χ3v) is 5.61. The number of anilines is 1. The maximum atomic E-state index is 12.3. The minimum atomic E-state index is -0.201. The molecule has 2 N–H and O–H groups in total. The summed E-state index contributed by atoms with van der Waals surface area (Å²) in [5.41, 5.74) is 6.85. The first-order valence-corrected chi connectivity index (χ1v) is 10.9. The maximum Gasteiger partial charge on any atom is 0.259 e. The lowest BCUT2D eigenvalue weighted by Gasteiger charge is -2.06. The van der Waals surface area contributed by atoms with Crippen LogP contribution in [0, 0.1) is 0 Å². The van der Waals surface area contributed by atoms with E-state index in [-0.39, 0.29) is 12.5 Å². The van der Waals surface area contributed by atoms with Crippen molar-refractivity contribution >= 4 is 39.5 Å². The van der Waals surface area contributed by atoms with Gasteiger partial charge in [-0.3, -0.25) is 4.79 Å². The van der Waals surface area contributed by atoms with Gasteiger partial charge in [0.15, 0.2) is 0 Å². The topological polar surface area (TPSA) is 58.4 Å². The summed E-state index contributed by atoms with van der Waals surface area (Å²) in [5, 5.41) is 10.8. The summed E-state index contributed by atoms with van der Waals surface area (Å²) in [6.07, 6.45) is 3.78. The molecule has 0 saturated carbocycles. The Morgan fingerprint density at radius 3 is 2.48 bits per heavy atom. The molecule has 0 bridgehead atoms. The van der Waals surface area contributed by atoms with Crippen LogP contribution in [0.2, 0.25) is 0 Å². The minimum absolute atomic E-state index is 0.144. The zero-order valence-electron chi connectivity index (χ0n) is 18.1. The molecule has 0 aliphatic rings. The second-order valence-electron chi connectivity index (χ2n) is 7.92. The van der Waals surface area contributed by atoms with Gasteiger partial charge >= 0.3 is 0 Å². The van der Waals surface area contributed by atoms with Crippen molar-refractivity contribution in [3.8, 4) is 0 Å². The summed E-state index contributed by atoms with van der Waals surface area (Å²) in [7, 11) is 0. The highest BCUT2D eigenvalue weighted by molar-refractivity contribution is 5.99. The van der Waals surface area contributed by atoms with Crippen molar-refractivity contribution in [1.82, 2.24) is 9.99 Å². The molecule has 5 heteroatoms. The highest BCUT2D eigenvalue weighted by Gasteiger charge is 2.07. The average molecular weight is 433 g/mol. The molecule has 5 rings (SSSR count). The normalized spacial score (nSPS) is 11.3. The number of hydrazone groups is 1. The number of carbonyl (C=O) groups is 1. The fraction of sp³-hybridized carbons (Fsp3) is 0.0714. The second-order valence-corrected chi connectivity index (χ2v) is 7.92. The zero-order chi connectivity index (χ0) is 22.5. The van der Waals surface area contributed by atoms with Crippen molar-refractivity contribution in [2.24, 2.45) is 5.10 Å². The van der Waals surface area contributed by atoms with Gasteiger partial charge in [0.2, 0.25) is 0 Å². The Balaban J connectivity index is 1.24. The Morgan fingerprint density at radius 2 is 1.61 bits per heavy atom. The van der Waals surface area contributed by atoms with Crippen LogP contribution in [0.25, 0.3) is 21.7 Å². The van der Waals surface area contributed by atoms with Crippen LogP contribution in [0.1, 0.15) is 11.1 Å². The molecule has 162 valence electrons. The van der Waals surface area contributed by atoms with Crippen molar-refractivity contribution in [2.45, 2.75) is 6.54 Å². The summed E-state index contributed by atoms with van der Waals surface area (Å²) in [5.74, 6) is -0.201. The number of aromatic nitrogens is 1. The van der Waals surface area contributed by atoms with Gasteiger partial charge in [0.25, 0.3) is 5.91 Å². The standard InChI is InChI=1S/C28H24N4O/c33-28(18-29-25-15-14-22-10-4-5-11-23(22)16-25)31-30-17-24-20-32(19-21-8-2-1-3-9-21)27-13-7-6-12-26(24)27/h1-17,20,29H,18-19H2,(H,31,33)/b30-17-. The van der Waals surface area contributed by atoms with Gasteiger partial charge in [-0.1, -0.05) is 78.9 Å². The molecule has 0 aliphatic heterocycles. The molecule has 0 spiro atoms. The Morgan fingerprint density at radius 1 is 0.848 bits per heavy atom. The number of nitrogens with one attached hydrogen (secondary N) is 2. The molecule has 5 nitrogen and oxygen atoms in total. The van der Waals surface area contributed by atoms with Gasteiger partial charge < -0.3 is 9.88 Å². The largest absolute Gasteiger partial charge is 0.376 e. The molecular formula is C28H24N4O. The Kier molecular flexibility index (Phi) is 5.85. The van der Waals surface area contributed by atoms with E-state index in [1.54, 1.807) is 6.21 Å². The third-order valence-electron chi connectivity index (χ3n) is 5.61. The highest BCUT2D eigenvalue weighted by Crippen LogP contribution is 2.21. The molecular weight excluding hydrogens is 408 g/mol. The summed E-state index contributed by atoms with van der Waals surface area (Å²) < 4.78 is 2.20. The van der Waals surface area contributed by atoms with E-state index in [1.165, 1.54) is 10.9 Å². The van der Waals surface area contributed by atoms with Crippen LogP contribution in [0.3, 0.4) is 0 Å². The van der Waals surface area contributed by atoms with Crippen molar-refractivity contribution in [3.05, 3.63) is 114 Å². The van der Waals surface area contributed by atoms with Gasteiger partial charge in [0.1, 0.15) is 0 Å². The number of fused-ring (bicyclic) bond motifs is 2. The van der Waals surface area contributed by atoms with E-state index >= 15 is 0 Å². The van der Waals surface area contributed by atoms with Gasteiger partial charge in [0.05, 0.1) is 12.8 Å². The van der Waals surface area contributed by atoms with E-state index in [1.807, 2.05) is 60.7 Å². The molecule has 0 aliphatic carbocycles. The Hall–Kier alpha value is -4.38. The lowest BCUT2D eigenvalue weighted by Crippen LogP contribution is -2.25. The number of hydrogen-bond donors (Lipinski definition) is 2. The Labute approximate surface area is 192 Å². The lowest BCUT2D eigenvalue weighted by molar-refractivity contribution is -0.119. The summed E-state index contributed by atoms with van der Waals surface area (Å²) in [6.45, 7) is 0.919. The number of rotatable bonds is 7. The average Bonchev–Trinajstić information content (AvgIpc) is 3.20. The smallest absolute Gasteiger partial charge is 0.259 e. The van der Waals surface area contributed by atoms with Crippen LogP contribution in [-0.2, 0) is 11.3 Å². The number of benzene rings is 4. The number of hydrogen-bond acceptors (Lipinski definition) is 3. The van der Waals surface area contributed by atoms with Gasteiger partial charge in [-0.25, -0.2) is 5.43 Å². The zero-order valence-corrected chi connectivity index (χ0v) is 18.1. The quantitative estimate of drug-likeness (QED) is 0.267. The molecule has 0 saturated heterocycles. The predicted octanol–water partition coefficient (Wildman–Crippen LogP) is 5.41. The van der Waals surface area contributed by atoms with Crippen LogP contribution in [0.15, 0.2) is 108 Å². The van der Waals surface area contributed by atoms with Crippen molar-refractivity contribution in [2.75, 3.05) is 11.9 Å². The van der Waals surface area contributed by atoms with E-state index in [2.05, 4.69) is 63.0 Å². The van der Waals surface area contributed by atoms with Crippen molar-refractivity contribution < 1.29 is 4.79 Å². The van der Waals surface area contributed by atoms with E-state index < -0.39 is 0 Å². The summed E-state index contributed by atoms with van der Waals surface area (Å²) in [6, 6.07) is 32.7. The van der Waals surface area contributed by atoms with E-state index in [0.29, 0.717) is 0 Å². The predicted molar refractivity (Wildman–Crippen MR) is 136 cm³/mol. The SMILES string of the molecule is O=C(CNc1ccc2ccccc2c1)N/N=C\c1cn(Cc2ccccc2)c2ccccc12.